The van der Waals surface area contributed by atoms with E-state index in [9.17, 15) is 0 Å². The van der Waals surface area contributed by atoms with E-state index in [1.807, 2.05) is 24.4 Å². The van der Waals surface area contributed by atoms with Crippen molar-refractivity contribution in [1.29, 1.82) is 0 Å². The smallest absolute Gasteiger partial charge is 0.0695 e. The van der Waals surface area contributed by atoms with Gasteiger partial charge in [0.15, 0.2) is 0 Å². The van der Waals surface area contributed by atoms with Gasteiger partial charge < -0.3 is 10.2 Å². The van der Waals surface area contributed by atoms with Gasteiger partial charge >= 0.3 is 0 Å². The highest BCUT2D eigenvalue weighted by Crippen LogP contribution is 2.20. The van der Waals surface area contributed by atoms with Gasteiger partial charge in [0.25, 0.3) is 0 Å². The molecule has 2 aromatic rings. The Balaban J connectivity index is 1.96. The Morgan fingerprint density at radius 1 is 1.22 bits per heavy atom. The first kappa shape index (κ1) is 12.8. The molecule has 0 bridgehead atoms. The van der Waals surface area contributed by atoms with Crippen molar-refractivity contribution >= 4 is 0 Å². The summed E-state index contributed by atoms with van der Waals surface area (Å²) in [4.78, 5) is 2.17. The molecule has 1 aromatic heterocycles. The lowest BCUT2D eigenvalue weighted by molar-refractivity contribution is 0.400. The number of aromatic nitrogens is 2. The quantitative estimate of drug-likeness (QED) is 0.761. The van der Waals surface area contributed by atoms with Crippen LogP contribution in [0.4, 0.5) is 0 Å². The van der Waals surface area contributed by atoms with Crippen molar-refractivity contribution in [3.8, 4) is 11.3 Å². The van der Waals surface area contributed by atoms with Crippen molar-refractivity contribution in [3.05, 3.63) is 42.1 Å². The van der Waals surface area contributed by atoms with E-state index in [-0.39, 0.29) is 0 Å². The van der Waals surface area contributed by atoms with Crippen LogP contribution in [0.25, 0.3) is 11.3 Å². The second kappa shape index (κ2) is 6.33. The third-order valence-corrected chi connectivity index (χ3v) is 2.83. The van der Waals surface area contributed by atoms with E-state index < -0.39 is 0 Å². The van der Waals surface area contributed by atoms with Crippen LogP contribution in [0.3, 0.4) is 0 Å². The predicted octanol–water partition coefficient (Wildman–Crippen LogP) is 1.73. The number of nitrogens with one attached hydrogen (secondary N) is 2. The average molecular weight is 244 g/mol. The van der Waals surface area contributed by atoms with Crippen LogP contribution >= 0.6 is 0 Å². The molecule has 0 amide bonds. The molecule has 4 nitrogen and oxygen atoms in total. The number of hydrogen-bond donors (Lipinski definition) is 2. The van der Waals surface area contributed by atoms with Crippen LogP contribution < -0.4 is 5.32 Å². The summed E-state index contributed by atoms with van der Waals surface area (Å²) in [5.74, 6) is 0. The van der Waals surface area contributed by atoms with E-state index in [0.29, 0.717) is 0 Å². The highest BCUT2D eigenvalue weighted by molar-refractivity contribution is 5.62. The van der Waals surface area contributed by atoms with E-state index in [1.165, 1.54) is 11.1 Å². The van der Waals surface area contributed by atoms with Crippen molar-refractivity contribution in [2.24, 2.45) is 0 Å². The SMILES string of the molecule is CN(C)CCNCc1cn[nH]c1-c1ccccc1. The molecule has 1 heterocycles. The van der Waals surface area contributed by atoms with E-state index in [4.69, 9.17) is 0 Å². The van der Waals surface area contributed by atoms with Gasteiger partial charge in [0.2, 0.25) is 0 Å². The molecule has 0 spiro atoms. The molecule has 0 saturated carbocycles. The minimum Gasteiger partial charge on any atom is -0.311 e. The minimum absolute atomic E-state index is 0.842. The highest BCUT2D eigenvalue weighted by Gasteiger charge is 2.06. The monoisotopic (exact) mass is 244 g/mol. The Bertz CT molecular complexity index is 462. The molecule has 0 radical (unpaired) electrons. The van der Waals surface area contributed by atoms with E-state index in [2.05, 4.69) is 46.6 Å². The van der Waals surface area contributed by atoms with Crippen LogP contribution in [-0.2, 0) is 6.54 Å². The molecule has 1 aromatic carbocycles. The van der Waals surface area contributed by atoms with Crippen molar-refractivity contribution < 1.29 is 0 Å². The Morgan fingerprint density at radius 2 is 2.00 bits per heavy atom. The molecule has 0 atom stereocenters. The lowest BCUT2D eigenvalue weighted by atomic mass is 10.1. The number of H-pyrrole nitrogens is 1. The highest BCUT2D eigenvalue weighted by atomic mass is 15.1. The molecule has 96 valence electrons. The van der Waals surface area contributed by atoms with Gasteiger partial charge in [0.1, 0.15) is 0 Å². The molecule has 0 aliphatic heterocycles. The summed E-state index contributed by atoms with van der Waals surface area (Å²) in [7, 11) is 4.16. The average Bonchev–Trinajstić information content (AvgIpc) is 2.84. The number of benzene rings is 1. The Morgan fingerprint density at radius 3 is 2.72 bits per heavy atom. The molecule has 2 rings (SSSR count). The second-order valence-electron chi connectivity index (χ2n) is 4.62. The molecule has 0 aliphatic rings. The lowest BCUT2D eigenvalue weighted by Gasteiger charge is -2.10. The first-order chi connectivity index (χ1) is 8.77. The maximum atomic E-state index is 4.14. The number of nitrogens with zero attached hydrogens (tertiary/aromatic N) is 2. The topological polar surface area (TPSA) is 44.0 Å². The number of rotatable bonds is 6. The molecule has 0 saturated heterocycles. The summed E-state index contributed by atoms with van der Waals surface area (Å²) >= 11 is 0. The fourth-order valence-electron chi connectivity index (χ4n) is 1.83. The third kappa shape index (κ3) is 3.42. The summed E-state index contributed by atoms with van der Waals surface area (Å²) in [5.41, 5.74) is 3.49. The van der Waals surface area contributed by atoms with Gasteiger partial charge in [-0.3, -0.25) is 5.10 Å². The second-order valence-corrected chi connectivity index (χ2v) is 4.62. The van der Waals surface area contributed by atoms with Crippen molar-refractivity contribution in [2.75, 3.05) is 27.2 Å². The summed E-state index contributed by atoms with van der Waals surface area (Å²) < 4.78 is 0. The zero-order valence-corrected chi connectivity index (χ0v) is 11.0. The lowest BCUT2D eigenvalue weighted by Crippen LogP contribution is -2.26. The molecular formula is C14H20N4. The van der Waals surface area contributed by atoms with Gasteiger partial charge in [0, 0.05) is 25.2 Å². The summed E-state index contributed by atoms with van der Waals surface area (Å²) in [6, 6.07) is 10.3. The molecule has 0 unspecified atom stereocenters. The first-order valence-electron chi connectivity index (χ1n) is 6.20. The number of likely N-dealkylation sites (N-methyl/N-ethyl adjacent to an activating group) is 1. The molecule has 2 N–H and O–H groups in total. The molecule has 0 aliphatic carbocycles. The fraction of sp³-hybridized carbons (Fsp3) is 0.357. The van der Waals surface area contributed by atoms with Crippen molar-refractivity contribution in [3.63, 3.8) is 0 Å². The molecule has 0 fully saturated rings. The van der Waals surface area contributed by atoms with Gasteiger partial charge in [-0.05, 0) is 19.7 Å². The van der Waals surface area contributed by atoms with E-state index in [0.717, 1.165) is 25.3 Å². The standard InChI is InChI=1S/C14H20N4/c1-18(2)9-8-15-10-13-11-16-17-14(13)12-6-4-3-5-7-12/h3-7,11,15H,8-10H2,1-2H3,(H,16,17). The summed E-state index contributed by atoms with van der Waals surface area (Å²) in [6.45, 7) is 2.86. The Kier molecular flexibility index (Phi) is 4.50. The Labute approximate surface area is 108 Å². The van der Waals surface area contributed by atoms with Gasteiger partial charge in [-0.15, -0.1) is 0 Å². The molecular weight excluding hydrogens is 224 g/mol. The van der Waals surface area contributed by atoms with Gasteiger partial charge in [-0.2, -0.15) is 5.10 Å². The largest absolute Gasteiger partial charge is 0.311 e. The van der Waals surface area contributed by atoms with Gasteiger partial charge in [0.05, 0.1) is 11.9 Å². The maximum Gasteiger partial charge on any atom is 0.0695 e. The number of hydrogen-bond acceptors (Lipinski definition) is 3. The Hall–Kier alpha value is -1.65. The predicted molar refractivity (Wildman–Crippen MR) is 74.3 cm³/mol. The van der Waals surface area contributed by atoms with Crippen LogP contribution in [0.5, 0.6) is 0 Å². The normalized spacial score (nSPS) is 11.1. The van der Waals surface area contributed by atoms with Crippen molar-refractivity contribution in [1.82, 2.24) is 20.4 Å². The molecule has 18 heavy (non-hydrogen) atoms. The van der Waals surface area contributed by atoms with Crippen LogP contribution in [-0.4, -0.2) is 42.3 Å². The minimum atomic E-state index is 0.842. The van der Waals surface area contributed by atoms with Crippen LogP contribution in [0.2, 0.25) is 0 Å². The zero-order valence-electron chi connectivity index (χ0n) is 11.0. The van der Waals surface area contributed by atoms with Gasteiger partial charge in [-0.25, -0.2) is 0 Å². The van der Waals surface area contributed by atoms with Crippen molar-refractivity contribution in [2.45, 2.75) is 6.54 Å². The first-order valence-corrected chi connectivity index (χ1v) is 6.20. The third-order valence-electron chi connectivity index (χ3n) is 2.83. The zero-order chi connectivity index (χ0) is 12.8. The number of aromatic amines is 1. The molecule has 4 heteroatoms. The van der Waals surface area contributed by atoms with Crippen LogP contribution in [0.1, 0.15) is 5.56 Å². The maximum absolute atomic E-state index is 4.14. The van der Waals surface area contributed by atoms with E-state index >= 15 is 0 Å². The fourth-order valence-corrected chi connectivity index (χ4v) is 1.83. The van der Waals surface area contributed by atoms with Crippen LogP contribution in [0, 0.1) is 0 Å². The summed E-state index contributed by atoms with van der Waals surface area (Å²) in [5, 5.41) is 10.6. The summed E-state index contributed by atoms with van der Waals surface area (Å²) in [6.07, 6.45) is 1.89. The van der Waals surface area contributed by atoms with Crippen LogP contribution in [0.15, 0.2) is 36.5 Å². The van der Waals surface area contributed by atoms with E-state index in [1.54, 1.807) is 0 Å². The van der Waals surface area contributed by atoms with Gasteiger partial charge in [-0.1, -0.05) is 30.3 Å².